The van der Waals surface area contributed by atoms with Gasteiger partial charge in [0.25, 0.3) is 5.91 Å². The monoisotopic (exact) mass is 293 g/mol. The number of carbonyl (C=O) groups excluding carboxylic acids is 2. The van der Waals surface area contributed by atoms with E-state index in [-0.39, 0.29) is 23.7 Å². The number of rotatable bonds is 4. The summed E-state index contributed by atoms with van der Waals surface area (Å²) in [5.41, 5.74) is 0.485. The molecule has 0 unspecified atom stereocenters. The Bertz CT molecular complexity index is 556. The van der Waals surface area contributed by atoms with Gasteiger partial charge in [0, 0.05) is 39.2 Å². The molecule has 3 heterocycles. The molecule has 2 fully saturated rings. The predicted molar refractivity (Wildman–Crippen MR) is 72.6 cm³/mol. The fourth-order valence-corrected chi connectivity index (χ4v) is 3.19. The van der Waals surface area contributed by atoms with Gasteiger partial charge < -0.3 is 19.1 Å². The summed E-state index contributed by atoms with van der Waals surface area (Å²) in [4.78, 5) is 28.3. The minimum Gasteiger partial charge on any atom is -0.383 e. The lowest BCUT2D eigenvalue weighted by atomic mass is 10.0. The lowest BCUT2D eigenvalue weighted by molar-refractivity contribution is -0.131. The van der Waals surface area contributed by atoms with Crippen LogP contribution in [0, 0.1) is 18.8 Å². The molecular formula is C14H19N3O4. The summed E-state index contributed by atoms with van der Waals surface area (Å²) in [7, 11) is 1.63. The van der Waals surface area contributed by atoms with E-state index >= 15 is 0 Å². The normalized spacial score (nSPS) is 24.8. The number of carbonyl (C=O) groups is 2. The van der Waals surface area contributed by atoms with Crippen molar-refractivity contribution in [3.05, 3.63) is 17.5 Å². The van der Waals surface area contributed by atoms with Crippen molar-refractivity contribution in [1.82, 2.24) is 15.0 Å². The first-order valence-electron chi connectivity index (χ1n) is 7.10. The first-order chi connectivity index (χ1) is 10.1. The highest BCUT2D eigenvalue weighted by atomic mass is 16.5. The van der Waals surface area contributed by atoms with Crippen LogP contribution in [0.4, 0.5) is 0 Å². The van der Waals surface area contributed by atoms with Crippen LogP contribution >= 0.6 is 0 Å². The Morgan fingerprint density at radius 1 is 1.48 bits per heavy atom. The summed E-state index contributed by atoms with van der Waals surface area (Å²) in [6.45, 7) is 4.70. The molecule has 0 saturated carbocycles. The second-order valence-corrected chi connectivity index (χ2v) is 5.65. The minimum atomic E-state index is -0.0978. The van der Waals surface area contributed by atoms with Crippen molar-refractivity contribution in [1.29, 1.82) is 0 Å². The van der Waals surface area contributed by atoms with Crippen molar-refractivity contribution in [2.75, 3.05) is 39.9 Å². The lowest BCUT2D eigenvalue weighted by Crippen LogP contribution is -2.37. The molecule has 1 aromatic rings. The molecule has 0 aliphatic carbocycles. The summed E-state index contributed by atoms with van der Waals surface area (Å²) in [5, 5.41) is 3.64. The smallest absolute Gasteiger partial charge is 0.259 e. The Kier molecular flexibility index (Phi) is 3.67. The number of fused-ring (bicyclic) bond motifs is 1. The Labute approximate surface area is 122 Å². The zero-order valence-corrected chi connectivity index (χ0v) is 12.2. The second kappa shape index (κ2) is 5.48. The molecule has 2 amide bonds. The molecule has 0 aromatic carbocycles. The standard InChI is InChI=1S/C14H19N3O4/c1-9-11(5-15-21-9)13(18)17-7-10-6-16(3-4-20-2)14(19)12(10)8-17/h5,10,12H,3-4,6-8H2,1-2H3/t10-,12+/m1/s1. The van der Waals surface area contributed by atoms with Gasteiger partial charge in [0.05, 0.1) is 18.7 Å². The maximum atomic E-state index is 12.4. The summed E-state index contributed by atoms with van der Waals surface area (Å²) >= 11 is 0. The van der Waals surface area contributed by atoms with Gasteiger partial charge in [-0.1, -0.05) is 5.16 Å². The Balaban J connectivity index is 1.65. The molecule has 0 N–H and O–H groups in total. The van der Waals surface area contributed by atoms with E-state index in [1.165, 1.54) is 6.20 Å². The molecule has 7 heteroatoms. The van der Waals surface area contributed by atoms with Crippen LogP contribution < -0.4 is 0 Å². The van der Waals surface area contributed by atoms with E-state index in [9.17, 15) is 9.59 Å². The largest absolute Gasteiger partial charge is 0.383 e. The van der Waals surface area contributed by atoms with E-state index in [1.807, 2.05) is 4.90 Å². The van der Waals surface area contributed by atoms with Crippen LogP contribution in [-0.2, 0) is 9.53 Å². The van der Waals surface area contributed by atoms with Crippen LogP contribution in [0.25, 0.3) is 0 Å². The zero-order chi connectivity index (χ0) is 15.0. The lowest BCUT2D eigenvalue weighted by Gasteiger charge is -2.21. The third-order valence-corrected chi connectivity index (χ3v) is 4.36. The average molecular weight is 293 g/mol. The van der Waals surface area contributed by atoms with Gasteiger partial charge in [-0.05, 0) is 6.92 Å². The molecule has 21 heavy (non-hydrogen) atoms. The Morgan fingerprint density at radius 2 is 2.29 bits per heavy atom. The van der Waals surface area contributed by atoms with Crippen molar-refractivity contribution in [3.8, 4) is 0 Å². The van der Waals surface area contributed by atoms with Gasteiger partial charge in [0.15, 0.2) is 0 Å². The van der Waals surface area contributed by atoms with E-state index in [0.717, 1.165) is 0 Å². The van der Waals surface area contributed by atoms with E-state index < -0.39 is 0 Å². The van der Waals surface area contributed by atoms with Crippen LogP contribution in [-0.4, -0.2) is 66.7 Å². The van der Waals surface area contributed by atoms with Gasteiger partial charge in [-0.15, -0.1) is 0 Å². The maximum Gasteiger partial charge on any atom is 0.259 e. The number of aryl methyl sites for hydroxylation is 1. The molecule has 2 aliphatic heterocycles. The predicted octanol–water partition coefficient (Wildman–Crippen LogP) is 0.160. The quantitative estimate of drug-likeness (QED) is 0.790. The summed E-state index contributed by atoms with van der Waals surface area (Å²) in [6.07, 6.45) is 1.44. The van der Waals surface area contributed by atoms with Crippen molar-refractivity contribution in [3.63, 3.8) is 0 Å². The van der Waals surface area contributed by atoms with Gasteiger partial charge in [-0.3, -0.25) is 9.59 Å². The molecule has 2 aliphatic rings. The van der Waals surface area contributed by atoms with Crippen molar-refractivity contribution in [2.45, 2.75) is 6.92 Å². The van der Waals surface area contributed by atoms with Crippen LogP contribution in [0.15, 0.2) is 10.7 Å². The number of nitrogens with zero attached hydrogens (tertiary/aromatic N) is 3. The van der Waals surface area contributed by atoms with Gasteiger partial charge in [0.2, 0.25) is 5.91 Å². The van der Waals surface area contributed by atoms with Gasteiger partial charge >= 0.3 is 0 Å². The number of amides is 2. The van der Waals surface area contributed by atoms with Crippen molar-refractivity contribution < 1.29 is 18.8 Å². The first kappa shape index (κ1) is 14.1. The highest BCUT2D eigenvalue weighted by Crippen LogP contribution is 2.33. The topological polar surface area (TPSA) is 75.9 Å². The molecule has 0 radical (unpaired) electrons. The van der Waals surface area contributed by atoms with Crippen LogP contribution in [0.3, 0.4) is 0 Å². The average Bonchev–Trinajstić information content (AvgIpc) is 3.13. The molecule has 7 nitrogen and oxygen atoms in total. The fraction of sp³-hybridized carbons (Fsp3) is 0.643. The molecular weight excluding hydrogens is 274 g/mol. The van der Waals surface area contributed by atoms with Crippen LogP contribution in [0.5, 0.6) is 0 Å². The molecule has 2 saturated heterocycles. The SMILES string of the molecule is COCCN1C[C@@H]2CN(C(=O)c3cnoc3C)C[C@@H]2C1=O. The Morgan fingerprint density at radius 3 is 2.90 bits per heavy atom. The van der Waals surface area contributed by atoms with E-state index in [1.54, 1.807) is 18.9 Å². The van der Waals surface area contributed by atoms with E-state index in [0.29, 0.717) is 44.1 Å². The molecule has 2 atom stereocenters. The third-order valence-electron chi connectivity index (χ3n) is 4.36. The van der Waals surface area contributed by atoms with Gasteiger partial charge in [-0.25, -0.2) is 0 Å². The highest BCUT2D eigenvalue weighted by molar-refractivity contribution is 5.95. The first-order valence-corrected chi connectivity index (χ1v) is 7.10. The van der Waals surface area contributed by atoms with Gasteiger partial charge in [0.1, 0.15) is 11.3 Å². The van der Waals surface area contributed by atoms with Crippen LogP contribution in [0.1, 0.15) is 16.1 Å². The molecule has 1 aromatic heterocycles. The summed E-state index contributed by atoms with van der Waals surface area (Å²) < 4.78 is 9.96. The summed E-state index contributed by atoms with van der Waals surface area (Å²) in [5.74, 6) is 0.698. The zero-order valence-electron chi connectivity index (χ0n) is 12.2. The van der Waals surface area contributed by atoms with Crippen LogP contribution in [0.2, 0.25) is 0 Å². The number of methoxy groups -OCH3 is 1. The van der Waals surface area contributed by atoms with Gasteiger partial charge in [-0.2, -0.15) is 0 Å². The van der Waals surface area contributed by atoms with E-state index in [4.69, 9.17) is 9.26 Å². The number of likely N-dealkylation sites (tertiary alicyclic amines) is 2. The second-order valence-electron chi connectivity index (χ2n) is 5.65. The highest BCUT2D eigenvalue weighted by Gasteiger charge is 2.47. The molecule has 114 valence electrons. The van der Waals surface area contributed by atoms with Crippen molar-refractivity contribution >= 4 is 11.8 Å². The number of ether oxygens (including phenoxy) is 1. The minimum absolute atomic E-state index is 0.0778. The Hall–Kier alpha value is -1.89. The maximum absolute atomic E-state index is 12.4. The molecule has 0 spiro atoms. The van der Waals surface area contributed by atoms with Crippen molar-refractivity contribution in [2.24, 2.45) is 11.8 Å². The molecule has 3 rings (SSSR count). The molecule has 0 bridgehead atoms. The fourth-order valence-electron chi connectivity index (χ4n) is 3.19. The van der Waals surface area contributed by atoms with E-state index in [2.05, 4.69) is 5.16 Å². The number of hydrogen-bond donors (Lipinski definition) is 0. The number of hydrogen-bond acceptors (Lipinski definition) is 5. The summed E-state index contributed by atoms with van der Waals surface area (Å²) in [6, 6.07) is 0. The number of aromatic nitrogens is 1. The third kappa shape index (κ3) is 2.42.